The molecule has 1 aliphatic heterocycles. The summed E-state index contributed by atoms with van der Waals surface area (Å²) in [5, 5.41) is 0. The first kappa shape index (κ1) is 14.5. The molecule has 1 atom stereocenters. The van der Waals surface area contributed by atoms with Gasteiger partial charge in [0, 0.05) is 32.3 Å². The zero-order valence-corrected chi connectivity index (χ0v) is 12.1. The van der Waals surface area contributed by atoms with Crippen LogP contribution in [0.25, 0.3) is 0 Å². The Hall–Kier alpha value is -0.900. The number of nitrogens with two attached hydrogens (primary N) is 1. The molecule has 1 aromatic rings. The zero-order chi connectivity index (χ0) is 13.7. The van der Waals surface area contributed by atoms with Crippen molar-refractivity contribution in [2.75, 3.05) is 26.2 Å². The van der Waals surface area contributed by atoms with Crippen molar-refractivity contribution in [2.45, 2.75) is 38.8 Å². The standard InChI is InChI=1S/C16H26N2O/c1-3-19-15-7-9-18(10-8-15)16(12-17)14-6-4-5-13(2)11-14/h4-6,11,15-16H,3,7-10,12,17H2,1-2H3. The Kier molecular flexibility index (Phi) is 5.37. The van der Waals surface area contributed by atoms with Crippen LogP contribution < -0.4 is 5.73 Å². The van der Waals surface area contributed by atoms with Gasteiger partial charge in [-0.15, -0.1) is 0 Å². The fourth-order valence-electron chi connectivity index (χ4n) is 2.96. The minimum atomic E-state index is 0.350. The molecule has 0 bridgehead atoms. The summed E-state index contributed by atoms with van der Waals surface area (Å²) < 4.78 is 5.71. The Morgan fingerprint density at radius 1 is 1.37 bits per heavy atom. The van der Waals surface area contributed by atoms with Crippen LogP contribution in [-0.2, 0) is 4.74 Å². The van der Waals surface area contributed by atoms with Gasteiger partial charge in [0.25, 0.3) is 0 Å². The predicted octanol–water partition coefficient (Wildman–Crippen LogP) is 2.50. The van der Waals surface area contributed by atoms with Gasteiger partial charge in [0.1, 0.15) is 0 Å². The van der Waals surface area contributed by atoms with Crippen LogP contribution in [0.15, 0.2) is 24.3 Å². The number of aryl methyl sites for hydroxylation is 1. The quantitative estimate of drug-likeness (QED) is 0.886. The highest BCUT2D eigenvalue weighted by Gasteiger charge is 2.25. The predicted molar refractivity (Wildman–Crippen MR) is 79.2 cm³/mol. The SMILES string of the molecule is CCOC1CCN(C(CN)c2cccc(C)c2)CC1. The monoisotopic (exact) mass is 262 g/mol. The van der Waals surface area contributed by atoms with Gasteiger partial charge in [-0.05, 0) is 32.3 Å². The summed E-state index contributed by atoms with van der Waals surface area (Å²) in [5.74, 6) is 0. The van der Waals surface area contributed by atoms with Crippen molar-refractivity contribution in [1.29, 1.82) is 0 Å². The van der Waals surface area contributed by atoms with E-state index in [1.165, 1.54) is 11.1 Å². The van der Waals surface area contributed by atoms with Crippen molar-refractivity contribution in [1.82, 2.24) is 4.90 Å². The summed E-state index contributed by atoms with van der Waals surface area (Å²) in [4.78, 5) is 2.50. The van der Waals surface area contributed by atoms with E-state index in [1.807, 2.05) is 0 Å². The maximum atomic E-state index is 6.01. The Labute approximate surface area is 116 Å². The summed E-state index contributed by atoms with van der Waals surface area (Å²) in [6, 6.07) is 9.06. The molecular weight excluding hydrogens is 236 g/mol. The smallest absolute Gasteiger partial charge is 0.0599 e. The maximum Gasteiger partial charge on any atom is 0.0599 e. The van der Waals surface area contributed by atoms with E-state index in [1.54, 1.807) is 0 Å². The van der Waals surface area contributed by atoms with Crippen LogP contribution in [0.4, 0.5) is 0 Å². The molecule has 0 amide bonds. The second-order valence-electron chi connectivity index (χ2n) is 5.36. The van der Waals surface area contributed by atoms with Crippen LogP contribution in [0.5, 0.6) is 0 Å². The Balaban J connectivity index is 1.99. The summed E-state index contributed by atoms with van der Waals surface area (Å²) in [7, 11) is 0. The van der Waals surface area contributed by atoms with Crippen molar-refractivity contribution in [3.05, 3.63) is 35.4 Å². The van der Waals surface area contributed by atoms with Crippen molar-refractivity contribution in [3.8, 4) is 0 Å². The van der Waals surface area contributed by atoms with Crippen LogP contribution in [0.1, 0.15) is 36.9 Å². The van der Waals surface area contributed by atoms with Crippen LogP contribution in [0, 0.1) is 6.92 Å². The first-order valence-electron chi connectivity index (χ1n) is 7.37. The topological polar surface area (TPSA) is 38.5 Å². The summed E-state index contributed by atoms with van der Waals surface area (Å²) in [6.45, 7) is 7.88. The molecule has 1 saturated heterocycles. The van der Waals surface area contributed by atoms with Gasteiger partial charge in [-0.1, -0.05) is 29.8 Å². The molecule has 1 unspecified atom stereocenters. The average Bonchev–Trinajstić information content (AvgIpc) is 2.42. The van der Waals surface area contributed by atoms with Crippen LogP contribution in [0.3, 0.4) is 0 Å². The Bertz CT molecular complexity index is 386. The van der Waals surface area contributed by atoms with E-state index < -0.39 is 0 Å². The molecule has 1 aliphatic rings. The van der Waals surface area contributed by atoms with Gasteiger partial charge in [0.2, 0.25) is 0 Å². The molecule has 0 saturated carbocycles. The molecule has 1 fully saturated rings. The van der Waals surface area contributed by atoms with Crippen molar-refractivity contribution in [2.24, 2.45) is 5.73 Å². The number of rotatable bonds is 5. The second kappa shape index (κ2) is 7.04. The van der Waals surface area contributed by atoms with Crippen LogP contribution >= 0.6 is 0 Å². The highest BCUT2D eigenvalue weighted by atomic mass is 16.5. The summed E-state index contributed by atoms with van der Waals surface area (Å²) >= 11 is 0. The Morgan fingerprint density at radius 2 is 2.11 bits per heavy atom. The minimum Gasteiger partial charge on any atom is -0.378 e. The van der Waals surface area contributed by atoms with Gasteiger partial charge >= 0.3 is 0 Å². The van der Waals surface area contributed by atoms with E-state index in [4.69, 9.17) is 10.5 Å². The molecule has 0 spiro atoms. The van der Waals surface area contributed by atoms with Crippen LogP contribution in [-0.4, -0.2) is 37.2 Å². The van der Waals surface area contributed by atoms with Gasteiger partial charge in [-0.2, -0.15) is 0 Å². The molecule has 1 aromatic carbocycles. The van der Waals surface area contributed by atoms with E-state index in [0.29, 0.717) is 18.7 Å². The molecule has 19 heavy (non-hydrogen) atoms. The molecule has 2 rings (SSSR count). The van der Waals surface area contributed by atoms with Crippen molar-refractivity contribution < 1.29 is 4.74 Å². The number of benzene rings is 1. The maximum absolute atomic E-state index is 6.01. The highest BCUT2D eigenvalue weighted by Crippen LogP contribution is 2.25. The number of likely N-dealkylation sites (tertiary alicyclic amines) is 1. The number of hydrogen-bond acceptors (Lipinski definition) is 3. The highest BCUT2D eigenvalue weighted by molar-refractivity contribution is 5.25. The lowest BCUT2D eigenvalue weighted by Crippen LogP contribution is -2.41. The molecule has 0 aliphatic carbocycles. The van der Waals surface area contributed by atoms with Crippen LogP contribution in [0.2, 0.25) is 0 Å². The Morgan fingerprint density at radius 3 is 2.68 bits per heavy atom. The normalized spacial score (nSPS) is 19.5. The zero-order valence-electron chi connectivity index (χ0n) is 12.1. The summed E-state index contributed by atoms with van der Waals surface area (Å²) in [6.07, 6.45) is 2.68. The molecule has 3 nitrogen and oxygen atoms in total. The van der Waals surface area contributed by atoms with Gasteiger partial charge in [0.15, 0.2) is 0 Å². The third kappa shape index (κ3) is 3.78. The van der Waals surface area contributed by atoms with Gasteiger partial charge < -0.3 is 10.5 Å². The van der Waals surface area contributed by atoms with E-state index >= 15 is 0 Å². The third-order valence-electron chi connectivity index (χ3n) is 3.97. The summed E-state index contributed by atoms with van der Waals surface area (Å²) in [5.41, 5.74) is 8.66. The third-order valence-corrected chi connectivity index (χ3v) is 3.97. The van der Waals surface area contributed by atoms with Gasteiger partial charge in [0.05, 0.1) is 6.10 Å². The lowest BCUT2D eigenvalue weighted by atomic mass is 9.99. The number of hydrogen-bond donors (Lipinski definition) is 1. The molecule has 0 radical (unpaired) electrons. The fourth-order valence-corrected chi connectivity index (χ4v) is 2.96. The lowest BCUT2D eigenvalue weighted by molar-refractivity contribution is 0.00451. The lowest BCUT2D eigenvalue weighted by Gasteiger charge is -2.37. The molecular formula is C16H26N2O. The van der Waals surface area contributed by atoms with Crippen molar-refractivity contribution >= 4 is 0 Å². The molecule has 2 N–H and O–H groups in total. The molecule has 1 heterocycles. The first-order valence-corrected chi connectivity index (χ1v) is 7.37. The van der Waals surface area contributed by atoms with Crippen molar-refractivity contribution in [3.63, 3.8) is 0 Å². The van der Waals surface area contributed by atoms with E-state index in [-0.39, 0.29) is 0 Å². The number of nitrogens with zero attached hydrogens (tertiary/aromatic N) is 1. The van der Waals surface area contributed by atoms with E-state index in [2.05, 4.69) is 43.0 Å². The second-order valence-corrected chi connectivity index (χ2v) is 5.36. The molecule has 0 aromatic heterocycles. The van der Waals surface area contributed by atoms with E-state index in [9.17, 15) is 0 Å². The molecule has 106 valence electrons. The molecule has 3 heteroatoms. The first-order chi connectivity index (χ1) is 9.24. The fraction of sp³-hybridized carbons (Fsp3) is 0.625. The minimum absolute atomic E-state index is 0.350. The average molecular weight is 262 g/mol. The van der Waals surface area contributed by atoms with Gasteiger partial charge in [-0.25, -0.2) is 0 Å². The largest absolute Gasteiger partial charge is 0.378 e. The number of piperidine rings is 1. The number of ether oxygens (including phenoxy) is 1. The van der Waals surface area contributed by atoms with E-state index in [0.717, 1.165) is 32.5 Å². The van der Waals surface area contributed by atoms with Gasteiger partial charge in [-0.3, -0.25) is 4.90 Å².